The Kier molecular flexibility index (Phi) is 5.33. The molecule has 2 amide bonds. The Morgan fingerprint density at radius 2 is 1.84 bits per heavy atom. The Balaban J connectivity index is 1.52. The molecule has 0 radical (unpaired) electrons. The first-order valence-corrected chi connectivity index (χ1v) is 8.54. The number of hydrogen-bond acceptors (Lipinski definition) is 3. The van der Waals surface area contributed by atoms with Crippen LogP contribution < -0.4 is 15.0 Å². The van der Waals surface area contributed by atoms with Crippen molar-refractivity contribution in [2.45, 2.75) is 26.3 Å². The van der Waals surface area contributed by atoms with Gasteiger partial charge < -0.3 is 15.0 Å². The van der Waals surface area contributed by atoms with Crippen molar-refractivity contribution < 1.29 is 14.3 Å². The monoisotopic (exact) mass is 338 g/mol. The summed E-state index contributed by atoms with van der Waals surface area (Å²) in [7, 11) is 0. The van der Waals surface area contributed by atoms with Crippen LogP contribution >= 0.6 is 0 Å². The number of anilines is 1. The maximum absolute atomic E-state index is 12.1. The van der Waals surface area contributed by atoms with E-state index in [4.69, 9.17) is 4.74 Å². The molecule has 0 atom stereocenters. The normalized spacial score (nSPS) is 13.2. The van der Waals surface area contributed by atoms with Gasteiger partial charge in [-0.3, -0.25) is 9.59 Å². The molecule has 0 aliphatic carbocycles. The van der Waals surface area contributed by atoms with Gasteiger partial charge in [-0.15, -0.1) is 0 Å². The molecule has 130 valence electrons. The molecule has 25 heavy (non-hydrogen) atoms. The summed E-state index contributed by atoms with van der Waals surface area (Å²) in [5.41, 5.74) is 3.07. The largest absolute Gasteiger partial charge is 0.482 e. The summed E-state index contributed by atoms with van der Waals surface area (Å²) < 4.78 is 5.41. The van der Waals surface area contributed by atoms with Gasteiger partial charge in [0.25, 0.3) is 5.91 Å². The second-order valence-electron chi connectivity index (χ2n) is 6.00. The van der Waals surface area contributed by atoms with Crippen molar-refractivity contribution in [3.05, 3.63) is 59.7 Å². The third kappa shape index (κ3) is 4.18. The number of rotatable bonds is 6. The zero-order valence-corrected chi connectivity index (χ0v) is 14.3. The molecule has 0 fully saturated rings. The predicted octanol–water partition coefficient (Wildman–Crippen LogP) is 2.68. The van der Waals surface area contributed by atoms with Crippen LogP contribution in [0.15, 0.2) is 48.5 Å². The second kappa shape index (κ2) is 7.83. The van der Waals surface area contributed by atoms with E-state index in [0.717, 1.165) is 17.7 Å². The van der Waals surface area contributed by atoms with Crippen LogP contribution in [-0.2, 0) is 22.6 Å². The fraction of sp³-hybridized carbons (Fsp3) is 0.300. The van der Waals surface area contributed by atoms with Gasteiger partial charge in [0.1, 0.15) is 5.75 Å². The molecular weight excluding hydrogens is 316 g/mol. The number of nitrogens with one attached hydrogen (secondary N) is 1. The topological polar surface area (TPSA) is 58.6 Å². The van der Waals surface area contributed by atoms with E-state index in [2.05, 4.69) is 24.4 Å². The predicted molar refractivity (Wildman–Crippen MR) is 96.6 cm³/mol. The standard InChI is InChI=1S/C20H22N2O3/c1-2-15-7-9-16(10-8-15)13-21-19(23)11-12-22-17-5-3-4-6-18(17)25-14-20(22)24/h3-10H,2,11-14H2,1H3,(H,21,23). The Morgan fingerprint density at radius 3 is 2.60 bits per heavy atom. The molecule has 1 heterocycles. The van der Waals surface area contributed by atoms with Crippen molar-refractivity contribution in [3.63, 3.8) is 0 Å². The van der Waals surface area contributed by atoms with E-state index in [9.17, 15) is 9.59 Å². The SMILES string of the molecule is CCc1ccc(CNC(=O)CCN2C(=O)COc3ccccc32)cc1. The van der Waals surface area contributed by atoms with Crippen molar-refractivity contribution in [2.75, 3.05) is 18.1 Å². The summed E-state index contributed by atoms with van der Waals surface area (Å²) in [4.78, 5) is 25.8. The van der Waals surface area contributed by atoms with Gasteiger partial charge in [0.15, 0.2) is 6.61 Å². The highest BCUT2D eigenvalue weighted by molar-refractivity contribution is 5.98. The minimum Gasteiger partial charge on any atom is -0.482 e. The van der Waals surface area contributed by atoms with Gasteiger partial charge in [-0.25, -0.2) is 0 Å². The summed E-state index contributed by atoms with van der Waals surface area (Å²) in [6.07, 6.45) is 1.26. The van der Waals surface area contributed by atoms with E-state index < -0.39 is 0 Å². The maximum atomic E-state index is 12.1. The first kappa shape index (κ1) is 17.0. The van der Waals surface area contributed by atoms with Crippen molar-refractivity contribution in [2.24, 2.45) is 0 Å². The van der Waals surface area contributed by atoms with Crippen molar-refractivity contribution in [1.29, 1.82) is 0 Å². The van der Waals surface area contributed by atoms with E-state index in [0.29, 0.717) is 18.8 Å². The summed E-state index contributed by atoms with van der Waals surface area (Å²) in [5.74, 6) is 0.483. The smallest absolute Gasteiger partial charge is 0.265 e. The van der Waals surface area contributed by atoms with E-state index >= 15 is 0 Å². The minimum atomic E-state index is -0.123. The fourth-order valence-corrected chi connectivity index (χ4v) is 2.79. The van der Waals surface area contributed by atoms with E-state index in [1.165, 1.54) is 5.56 Å². The van der Waals surface area contributed by atoms with Crippen LogP contribution in [0.1, 0.15) is 24.5 Å². The van der Waals surface area contributed by atoms with Gasteiger partial charge in [-0.05, 0) is 29.7 Å². The van der Waals surface area contributed by atoms with Gasteiger partial charge in [0, 0.05) is 19.5 Å². The third-order valence-corrected chi connectivity index (χ3v) is 4.29. The molecule has 0 aromatic heterocycles. The molecule has 0 bridgehead atoms. The molecule has 2 aromatic rings. The molecule has 0 unspecified atom stereocenters. The Labute approximate surface area is 147 Å². The molecule has 5 heteroatoms. The minimum absolute atomic E-state index is 0.0163. The van der Waals surface area contributed by atoms with E-state index in [-0.39, 0.29) is 24.8 Å². The number of benzene rings is 2. The lowest BCUT2D eigenvalue weighted by molar-refractivity contribution is -0.122. The highest BCUT2D eigenvalue weighted by Gasteiger charge is 2.25. The van der Waals surface area contributed by atoms with Crippen LogP contribution in [0.5, 0.6) is 5.75 Å². The summed E-state index contributed by atoms with van der Waals surface area (Å²) in [5, 5.41) is 2.91. The van der Waals surface area contributed by atoms with Gasteiger partial charge >= 0.3 is 0 Å². The number of carbonyl (C=O) groups is 2. The number of hydrogen-bond donors (Lipinski definition) is 1. The van der Waals surface area contributed by atoms with Crippen LogP contribution in [0.3, 0.4) is 0 Å². The number of carbonyl (C=O) groups excluding carboxylic acids is 2. The van der Waals surface area contributed by atoms with E-state index in [1.54, 1.807) is 4.90 Å². The summed E-state index contributed by atoms with van der Waals surface area (Å²) in [6.45, 7) is 2.97. The second-order valence-corrected chi connectivity index (χ2v) is 6.00. The lowest BCUT2D eigenvalue weighted by Crippen LogP contribution is -2.41. The first-order valence-electron chi connectivity index (χ1n) is 8.54. The molecule has 2 aromatic carbocycles. The maximum Gasteiger partial charge on any atom is 0.265 e. The number of nitrogens with zero attached hydrogens (tertiary/aromatic N) is 1. The lowest BCUT2D eigenvalue weighted by atomic mass is 10.1. The molecule has 0 saturated carbocycles. The van der Waals surface area contributed by atoms with E-state index in [1.807, 2.05) is 36.4 Å². The van der Waals surface area contributed by atoms with Crippen LogP contribution in [0.2, 0.25) is 0 Å². The summed E-state index contributed by atoms with van der Waals surface area (Å²) in [6, 6.07) is 15.6. The lowest BCUT2D eigenvalue weighted by Gasteiger charge is -2.29. The molecule has 0 spiro atoms. The Bertz CT molecular complexity index is 756. The van der Waals surface area contributed by atoms with Crippen LogP contribution in [-0.4, -0.2) is 25.0 Å². The third-order valence-electron chi connectivity index (χ3n) is 4.29. The highest BCUT2D eigenvalue weighted by atomic mass is 16.5. The Morgan fingerprint density at radius 1 is 1.12 bits per heavy atom. The summed E-state index contributed by atoms with van der Waals surface area (Å²) >= 11 is 0. The van der Waals surface area contributed by atoms with Gasteiger partial charge in [0.2, 0.25) is 5.91 Å². The van der Waals surface area contributed by atoms with Crippen molar-refractivity contribution in [3.8, 4) is 5.75 Å². The zero-order valence-electron chi connectivity index (χ0n) is 14.3. The number of aryl methyl sites for hydroxylation is 1. The molecule has 1 N–H and O–H groups in total. The highest BCUT2D eigenvalue weighted by Crippen LogP contribution is 2.31. The number of ether oxygens (including phenoxy) is 1. The van der Waals surface area contributed by atoms with Gasteiger partial charge in [0.05, 0.1) is 5.69 Å². The Hall–Kier alpha value is -2.82. The number of amides is 2. The average Bonchev–Trinajstić information content (AvgIpc) is 2.66. The zero-order chi connectivity index (χ0) is 17.6. The molecule has 3 rings (SSSR count). The van der Waals surface area contributed by atoms with Crippen LogP contribution in [0.25, 0.3) is 0 Å². The van der Waals surface area contributed by atoms with Crippen LogP contribution in [0, 0.1) is 0 Å². The molecule has 0 saturated heterocycles. The van der Waals surface area contributed by atoms with Gasteiger partial charge in [-0.2, -0.15) is 0 Å². The quantitative estimate of drug-likeness (QED) is 0.881. The number of para-hydroxylation sites is 2. The van der Waals surface area contributed by atoms with Crippen molar-refractivity contribution >= 4 is 17.5 Å². The van der Waals surface area contributed by atoms with Crippen molar-refractivity contribution in [1.82, 2.24) is 5.32 Å². The molecular formula is C20H22N2O3. The first-order chi connectivity index (χ1) is 12.2. The average molecular weight is 338 g/mol. The number of fused-ring (bicyclic) bond motifs is 1. The molecule has 1 aliphatic heterocycles. The molecule has 5 nitrogen and oxygen atoms in total. The van der Waals surface area contributed by atoms with Gasteiger partial charge in [-0.1, -0.05) is 43.3 Å². The molecule has 1 aliphatic rings. The fourth-order valence-electron chi connectivity index (χ4n) is 2.79. The van der Waals surface area contributed by atoms with Crippen LogP contribution in [0.4, 0.5) is 5.69 Å².